The summed E-state index contributed by atoms with van der Waals surface area (Å²) in [5.74, 6) is 2.10. The minimum atomic E-state index is 0.667. The van der Waals surface area contributed by atoms with Gasteiger partial charge in [0.15, 0.2) is 0 Å². The fourth-order valence-corrected chi connectivity index (χ4v) is 2.36. The summed E-state index contributed by atoms with van der Waals surface area (Å²) in [7, 11) is 0. The third kappa shape index (κ3) is 4.67. The predicted molar refractivity (Wildman–Crippen MR) is 64.0 cm³/mol. The summed E-state index contributed by atoms with van der Waals surface area (Å²) in [4.78, 5) is 0. The Morgan fingerprint density at radius 3 is 2.79 bits per heavy atom. The van der Waals surface area contributed by atoms with Gasteiger partial charge in [0.1, 0.15) is 0 Å². The zero-order chi connectivity index (χ0) is 10.2. The molecule has 0 saturated carbocycles. The molecule has 0 bridgehead atoms. The molecule has 3 heteroatoms. The van der Waals surface area contributed by atoms with E-state index in [9.17, 15) is 0 Å². The van der Waals surface area contributed by atoms with Crippen molar-refractivity contribution in [3.63, 3.8) is 0 Å². The Balaban J connectivity index is 2.04. The Hall–Kier alpha value is 0.270. The number of ether oxygens (including phenoxy) is 1. The van der Waals surface area contributed by atoms with Gasteiger partial charge in [-0.3, -0.25) is 0 Å². The quantitative estimate of drug-likeness (QED) is 0.689. The van der Waals surface area contributed by atoms with E-state index in [4.69, 9.17) is 4.74 Å². The second-order valence-corrected chi connectivity index (χ2v) is 5.02. The Bertz CT molecular complexity index is 137. The van der Waals surface area contributed by atoms with Crippen molar-refractivity contribution in [3.05, 3.63) is 0 Å². The maximum absolute atomic E-state index is 5.36. The fourth-order valence-electron chi connectivity index (χ4n) is 1.93. The molecule has 1 saturated heterocycles. The van der Waals surface area contributed by atoms with Crippen LogP contribution in [0.3, 0.4) is 0 Å². The summed E-state index contributed by atoms with van der Waals surface area (Å²) in [6.07, 6.45) is 5.92. The highest BCUT2D eigenvalue weighted by Gasteiger charge is 2.19. The minimum Gasteiger partial charge on any atom is -0.381 e. The molecule has 84 valence electrons. The average Bonchev–Trinajstić information content (AvgIpc) is 2.25. The fraction of sp³-hybridized carbons (Fsp3) is 1.00. The van der Waals surface area contributed by atoms with Crippen LogP contribution in [0.15, 0.2) is 0 Å². The van der Waals surface area contributed by atoms with Gasteiger partial charge in [0.25, 0.3) is 0 Å². The van der Waals surface area contributed by atoms with Gasteiger partial charge in [-0.15, -0.1) is 0 Å². The van der Waals surface area contributed by atoms with Gasteiger partial charge in [-0.1, -0.05) is 0 Å². The largest absolute Gasteiger partial charge is 0.381 e. The molecule has 1 N–H and O–H groups in total. The summed E-state index contributed by atoms with van der Waals surface area (Å²) >= 11 is 1.93. The van der Waals surface area contributed by atoms with Crippen molar-refractivity contribution in [1.29, 1.82) is 0 Å². The average molecular weight is 217 g/mol. The first-order chi connectivity index (χ1) is 6.84. The molecular weight excluding hydrogens is 194 g/mol. The molecule has 0 aromatic heterocycles. The standard InChI is InChI=1S/C11H23NOS/c1-10(12-6-3-9-14-2)11-4-7-13-8-5-11/h10-12H,3-9H2,1-2H3. The lowest BCUT2D eigenvalue weighted by Crippen LogP contribution is -2.37. The third-order valence-electron chi connectivity index (χ3n) is 2.96. The van der Waals surface area contributed by atoms with Crippen LogP contribution < -0.4 is 5.32 Å². The number of thioether (sulfide) groups is 1. The van der Waals surface area contributed by atoms with Crippen molar-refractivity contribution >= 4 is 11.8 Å². The van der Waals surface area contributed by atoms with Crippen LogP contribution in [0.1, 0.15) is 26.2 Å². The second kappa shape index (κ2) is 7.55. The van der Waals surface area contributed by atoms with Gasteiger partial charge in [-0.25, -0.2) is 0 Å². The van der Waals surface area contributed by atoms with Gasteiger partial charge in [0.2, 0.25) is 0 Å². The number of hydrogen-bond acceptors (Lipinski definition) is 3. The van der Waals surface area contributed by atoms with Gasteiger partial charge >= 0.3 is 0 Å². The molecule has 0 radical (unpaired) electrons. The van der Waals surface area contributed by atoms with Crippen LogP contribution in [-0.4, -0.2) is 37.8 Å². The molecule has 1 aliphatic rings. The Kier molecular flexibility index (Phi) is 6.65. The molecule has 1 atom stereocenters. The second-order valence-electron chi connectivity index (χ2n) is 4.04. The normalized spacial score (nSPS) is 21.0. The molecule has 0 spiro atoms. The molecule has 1 aliphatic heterocycles. The van der Waals surface area contributed by atoms with Crippen LogP contribution in [0.2, 0.25) is 0 Å². The van der Waals surface area contributed by atoms with Gasteiger partial charge < -0.3 is 10.1 Å². The van der Waals surface area contributed by atoms with Crippen LogP contribution in [0.4, 0.5) is 0 Å². The van der Waals surface area contributed by atoms with Crippen molar-refractivity contribution in [2.45, 2.75) is 32.2 Å². The van der Waals surface area contributed by atoms with E-state index in [-0.39, 0.29) is 0 Å². The molecule has 0 aromatic carbocycles. The number of rotatable bonds is 6. The third-order valence-corrected chi connectivity index (χ3v) is 3.66. The van der Waals surface area contributed by atoms with E-state index in [0.717, 1.165) is 19.1 Å². The van der Waals surface area contributed by atoms with Gasteiger partial charge in [0.05, 0.1) is 0 Å². The van der Waals surface area contributed by atoms with Crippen LogP contribution in [-0.2, 0) is 4.74 Å². The highest BCUT2D eigenvalue weighted by atomic mass is 32.2. The first-order valence-electron chi connectivity index (χ1n) is 5.64. The number of hydrogen-bond donors (Lipinski definition) is 1. The molecule has 14 heavy (non-hydrogen) atoms. The Morgan fingerprint density at radius 2 is 2.14 bits per heavy atom. The van der Waals surface area contributed by atoms with Crippen molar-refractivity contribution in [3.8, 4) is 0 Å². The van der Waals surface area contributed by atoms with E-state index in [1.54, 1.807) is 0 Å². The van der Waals surface area contributed by atoms with E-state index >= 15 is 0 Å². The zero-order valence-electron chi connectivity index (χ0n) is 9.42. The molecule has 1 unspecified atom stereocenters. The highest BCUT2D eigenvalue weighted by Crippen LogP contribution is 2.18. The Morgan fingerprint density at radius 1 is 1.43 bits per heavy atom. The summed E-state index contributed by atoms with van der Waals surface area (Å²) < 4.78 is 5.36. The van der Waals surface area contributed by atoms with Crippen LogP contribution in [0.5, 0.6) is 0 Å². The first-order valence-corrected chi connectivity index (χ1v) is 7.04. The van der Waals surface area contributed by atoms with Crippen LogP contribution in [0.25, 0.3) is 0 Å². The van der Waals surface area contributed by atoms with Gasteiger partial charge in [-0.2, -0.15) is 11.8 Å². The molecule has 0 amide bonds. The summed E-state index contributed by atoms with van der Waals surface area (Å²) in [5, 5.41) is 3.62. The lowest BCUT2D eigenvalue weighted by Gasteiger charge is -2.28. The first kappa shape index (κ1) is 12.3. The van der Waals surface area contributed by atoms with Gasteiger partial charge in [-0.05, 0) is 50.7 Å². The topological polar surface area (TPSA) is 21.3 Å². The molecule has 0 aliphatic carbocycles. The summed E-state index contributed by atoms with van der Waals surface area (Å²) in [5.41, 5.74) is 0. The van der Waals surface area contributed by atoms with E-state index in [0.29, 0.717) is 6.04 Å². The number of nitrogens with one attached hydrogen (secondary N) is 1. The van der Waals surface area contributed by atoms with E-state index in [2.05, 4.69) is 18.5 Å². The van der Waals surface area contributed by atoms with Crippen molar-refractivity contribution in [2.75, 3.05) is 31.8 Å². The monoisotopic (exact) mass is 217 g/mol. The zero-order valence-corrected chi connectivity index (χ0v) is 10.2. The lowest BCUT2D eigenvalue weighted by molar-refractivity contribution is 0.0560. The van der Waals surface area contributed by atoms with Crippen molar-refractivity contribution < 1.29 is 4.74 Å². The summed E-state index contributed by atoms with van der Waals surface area (Å²) in [6.45, 7) is 5.40. The van der Waals surface area contributed by atoms with Crippen LogP contribution in [0, 0.1) is 5.92 Å². The molecule has 0 aromatic rings. The molecule has 2 nitrogen and oxygen atoms in total. The van der Waals surface area contributed by atoms with Crippen LogP contribution >= 0.6 is 11.8 Å². The van der Waals surface area contributed by atoms with Crippen molar-refractivity contribution in [1.82, 2.24) is 5.32 Å². The molecule has 1 rings (SSSR count). The maximum Gasteiger partial charge on any atom is 0.0469 e. The maximum atomic E-state index is 5.36. The lowest BCUT2D eigenvalue weighted by atomic mass is 9.93. The van der Waals surface area contributed by atoms with E-state index < -0.39 is 0 Å². The van der Waals surface area contributed by atoms with Crippen molar-refractivity contribution in [2.24, 2.45) is 5.92 Å². The molecule has 1 fully saturated rings. The Labute approximate surface area is 92.2 Å². The highest BCUT2D eigenvalue weighted by molar-refractivity contribution is 7.98. The minimum absolute atomic E-state index is 0.667. The SMILES string of the molecule is CSCCCNC(C)C1CCOCC1. The smallest absolute Gasteiger partial charge is 0.0469 e. The van der Waals surface area contributed by atoms with Gasteiger partial charge in [0, 0.05) is 19.3 Å². The molecular formula is C11H23NOS. The summed E-state index contributed by atoms with van der Waals surface area (Å²) in [6, 6.07) is 0.667. The van der Waals surface area contributed by atoms with E-state index in [1.807, 2.05) is 11.8 Å². The predicted octanol–water partition coefficient (Wildman–Crippen LogP) is 2.14. The molecule has 1 heterocycles. The van der Waals surface area contributed by atoms with E-state index in [1.165, 1.54) is 31.6 Å².